The molecule has 0 radical (unpaired) electrons. The maximum Gasteiger partial charge on any atom is 0.326 e. The van der Waals surface area contributed by atoms with E-state index in [1.54, 1.807) is 6.07 Å². The van der Waals surface area contributed by atoms with Crippen LogP contribution in [0, 0.1) is 0 Å². The number of carboxylic acids is 1. The number of nitrogens with zero attached hydrogens (tertiary/aromatic N) is 1. The van der Waals surface area contributed by atoms with Crippen molar-refractivity contribution in [1.29, 1.82) is 0 Å². The average molecular weight is 283 g/mol. The van der Waals surface area contributed by atoms with E-state index in [1.165, 1.54) is 4.90 Å². The van der Waals surface area contributed by atoms with Gasteiger partial charge in [0.15, 0.2) is 0 Å². The summed E-state index contributed by atoms with van der Waals surface area (Å²) in [5.74, 6) is -1.10. The number of carbonyl (C=O) groups is 2. The number of aliphatic carboxylic acids is 1. The lowest BCUT2D eigenvalue weighted by Gasteiger charge is -2.33. The van der Waals surface area contributed by atoms with Crippen molar-refractivity contribution in [3.63, 3.8) is 0 Å². The smallest absolute Gasteiger partial charge is 0.326 e. The van der Waals surface area contributed by atoms with Crippen molar-refractivity contribution in [2.75, 3.05) is 6.54 Å². The predicted molar refractivity (Wildman–Crippen MR) is 80.3 cm³/mol. The number of carboxylic acid groups (broad SMARTS) is 1. The van der Waals surface area contributed by atoms with Crippen LogP contribution in [0.15, 0.2) is 42.5 Å². The van der Waals surface area contributed by atoms with Crippen LogP contribution < -0.4 is 0 Å². The average Bonchev–Trinajstić information content (AvgIpc) is 2.53. The van der Waals surface area contributed by atoms with Crippen molar-refractivity contribution in [3.8, 4) is 0 Å². The Kier molecular flexibility index (Phi) is 3.60. The number of amides is 1. The minimum atomic E-state index is -0.913. The Morgan fingerprint density at radius 3 is 2.57 bits per heavy atom. The highest BCUT2D eigenvalue weighted by Crippen LogP contribution is 2.22. The Labute approximate surface area is 123 Å². The molecule has 1 saturated heterocycles. The Morgan fingerprint density at radius 1 is 1.05 bits per heavy atom. The molecule has 1 fully saturated rings. The molecule has 0 aromatic heterocycles. The summed E-state index contributed by atoms with van der Waals surface area (Å²) in [6.07, 6.45) is 2.26. The van der Waals surface area contributed by atoms with E-state index in [4.69, 9.17) is 0 Å². The Bertz CT molecular complexity index is 695. The zero-order valence-corrected chi connectivity index (χ0v) is 11.7. The molecule has 1 aliphatic rings. The van der Waals surface area contributed by atoms with Gasteiger partial charge in [-0.2, -0.15) is 0 Å². The Hall–Kier alpha value is -2.36. The second kappa shape index (κ2) is 5.56. The van der Waals surface area contributed by atoms with Gasteiger partial charge in [-0.15, -0.1) is 0 Å². The van der Waals surface area contributed by atoms with Crippen LogP contribution in [0.1, 0.15) is 29.6 Å². The normalized spacial score (nSPS) is 18.7. The third-order valence-electron chi connectivity index (χ3n) is 4.05. The molecule has 0 aliphatic carbocycles. The van der Waals surface area contributed by atoms with Gasteiger partial charge in [0.1, 0.15) is 6.04 Å². The van der Waals surface area contributed by atoms with Crippen LogP contribution in [-0.2, 0) is 4.79 Å². The molecule has 0 saturated carbocycles. The summed E-state index contributed by atoms with van der Waals surface area (Å²) in [7, 11) is 0. The molecule has 108 valence electrons. The number of hydrogen-bond donors (Lipinski definition) is 1. The third-order valence-corrected chi connectivity index (χ3v) is 4.05. The van der Waals surface area contributed by atoms with Crippen LogP contribution in [0.5, 0.6) is 0 Å². The predicted octanol–water partition coefficient (Wildman–Crippen LogP) is 2.92. The fourth-order valence-corrected chi connectivity index (χ4v) is 2.92. The van der Waals surface area contributed by atoms with E-state index >= 15 is 0 Å². The van der Waals surface area contributed by atoms with Gasteiger partial charge in [0.05, 0.1) is 0 Å². The summed E-state index contributed by atoms with van der Waals surface area (Å²) < 4.78 is 0. The molecule has 1 N–H and O–H groups in total. The van der Waals surface area contributed by atoms with Crippen molar-refractivity contribution < 1.29 is 14.7 Å². The second-order valence-corrected chi connectivity index (χ2v) is 5.41. The van der Waals surface area contributed by atoms with E-state index in [-0.39, 0.29) is 5.91 Å². The molecule has 0 bridgehead atoms. The van der Waals surface area contributed by atoms with Crippen molar-refractivity contribution in [1.82, 2.24) is 4.90 Å². The maximum absolute atomic E-state index is 12.6. The lowest BCUT2D eigenvalue weighted by atomic mass is 10.00. The van der Waals surface area contributed by atoms with Crippen LogP contribution in [0.25, 0.3) is 10.8 Å². The number of hydrogen-bond acceptors (Lipinski definition) is 2. The molecule has 1 amide bonds. The van der Waals surface area contributed by atoms with E-state index < -0.39 is 12.0 Å². The SMILES string of the molecule is O=C(O)[C@@H]1CCCCN1C(=O)c1ccc2ccccc2c1. The number of fused-ring (bicyclic) bond motifs is 1. The van der Waals surface area contributed by atoms with Gasteiger partial charge < -0.3 is 10.0 Å². The molecule has 3 rings (SSSR count). The highest BCUT2D eigenvalue weighted by molar-refractivity contribution is 6.00. The van der Waals surface area contributed by atoms with Gasteiger partial charge in [-0.1, -0.05) is 30.3 Å². The van der Waals surface area contributed by atoms with Crippen molar-refractivity contribution in [2.24, 2.45) is 0 Å². The number of carbonyl (C=O) groups excluding carboxylic acids is 1. The highest BCUT2D eigenvalue weighted by Gasteiger charge is 2.32. The molecule has 0 unspecified atom stereocenters. The fraction of sp³-hybridized carbons (Fsp3) is 0.294. The lowest BCUT2D eigenvalue weighted by Crippen LogP contribution is -2.47. The molecule has 4 nitrogen and oxygen atoms in total. The zero-order chi connectivity index (χ0) is 14.8. The fourth-order valence-electron chi connectivity index (χ4n) is 2.92. The summed E-state index contributed by atoms with van der Waals surface area (Å²) in [6.45, 7) is 0.516. The van der Waals surface area contributed by atoms with E-state index in [2.05, 4.69) is 0 Å². The van der Waals surface area contributed by atoms with Crippen LogP contribution in [0.2, 0.25) is 0 Å². The Morgan fingerprint density at radius 2 is 1.81 bits per heavy atom. The van der Waals surface area contributed by atoms with Crippen molar-refractivity contribution >= 4 is 22.6 Å². The van der Waals surface area contributed by atoms with Crippen LogP contribution >= 0.6 is 0 Å². The third kappa shape index (κ3) is 2.61. The first-order chi connectivity index (χ1) is 10.2. The quantitative estimate of drug-likeness (QED) is 0.922. The molecule has 1 atom stereocenters. The minimum absolute atomic E-state index is 0.187. The molecular formula is C17H17NO3. The van der Waals surface area contributed by atoms with Gasteiger partial charge in [-0.25, -0.2) is 4.79 Å². The number of piperidine rings is 1. The first-order valence-electron chi connectivity index (χ1n) is 7.19. The zero-order valence-electron chi connectivity index (χ0n) is 11.7. The van der Waals surface area contributed by atoms with Crippen LogP contribution in [0.3, 0.4) is 0 Å². The van der Waals surface area contributed by atoms with Gasteiger partial charge in [0, 0.05) is 12.1 Å². The van der Waals surface area contributed by atoms with Gasteiger partial charge in [-0.05, 0) is 42.2 Å². The molecule has 2 aromatic rings. The lowest BCUT2D eigenvalue weighted by molar-refractivity contribution is -0.143. The molecule has 2 aromatic carbocycles. The monoisotopic (exact) mass is 283 g/mol. The molecule has 21 heavy (non-hydrogen) atoms. The molecule has 4 heteroatoms. The van der Waals surface area contributed by atoms with Gasteiger partial charge in [0.25, 0.3) is 5.91 Å². The number of rotatable bonds is 2. The van der Waals surface area contributed by atoms with E-state index in [0.717, 1.165) is 23.6 Å². The van der Waals surface area contributed by atoms with Gasteiger partial charge in [-0.3, -0.25) is 4.79 Å². The number of likely N-dealkylation sites (tertiary alicyclic amines) is 1. The maximum atomic E-state index is 12.6. The molecule has 1 aliphatic heterocycles. The summed E-state index contributed by atoms with van der Waals surface area (Å²) in [5, 5.41) is 11.3. The summed E-state index contributed by atoms with van der Waals surface area (Å²) >= 11 is 0. The molecule has 1 heterocycles. The van der Waals surface area contributed by atoms with Crippen molar-refractivity contribution in [3.05, 3.63) is 48.0 Å². The largest absolute Gasteiger partial charge is 0.480 e. The van der Waals surface area contributed by atoms with Crippen LogP contribution in [0.4, 0.5) is 0 Å². The van der Waals surface area contributed by atoms with E-state index in [0.29, 0.717) is 18.5 Å². The van der Waals surface area contributed by atoms with E-state index in [1.807, 2.05) is 36.4 Å². The first-order valence-corrected chi connectivity index (χ1v) is 7.19. The minimum Gasteiger partial charge on any atom is -0.480 e. The second-order valence-electron chi connectivity index (χ2n) is 5.41. The summed E-state index contributed by atoms with van der Waals surface area (Å²) in [6, 6.07) is 12.7. The summed E-state index contributed by atoms with van der Waals surface area (Å²) in [4.78, 5) is 25.4. The standard InChI is InChI=1S/C17H17NO3/c19-16(18-10-4-3-7-15(18)17(20)21)14-9-8-12-5-1-2-6-13(12)11-14/h1-2,5-6,8-9,11,15H,3-4,7,10H2,(H,20,21)/t15-/m0/s1. The highest BCUT2D eigenvalue weighted by atomic mass is 16.4. The molecular weight excluding hydrogens is 266 g/mol. The number of benzene rings is 2. The van der Waals surface area contributed by atoms with Crippen LogP contribution in [-0.4, -0.2) is 34.5 Å². The Balaban J connectivity index is 1.93. The van der Waals surface area contributed by atoms with Crippen molar-refractivity contribution in [2.45, 2.75) is 25.3 Å². The van der Waals surface area contributed by atoms with Gasteiger partial charge >= 0.3 is 5.97 Å². The van der Waals surface area contributed by atoms with E-state index in [9.17, 15) is 14.7 Å². The van der Waals surface area contributed by atoms with Gasteiger partial charge in [0.2, 0.25) is 0 Å². The first kappa shape index (κ1) is 13.6. The summed E-state index contributed by atoms with van der Waals surface area (Å²) in [5.41, 5.74) is 0.557. The molecule has 0 spiro atoms. The topological polar surface area (TPSA) is 57.6 Å².